The van der Waals surface area contributed by atoms with Crippen LogP contribution in [-0.4, -0.2) is 52.0 Å². The van der Waals surface area contributed by atoms with Crippen LogP contribution in [0.3, 0.4) is 0 Å². The van der Waals surface area contributed by atoms with Gasteiger partial charge in [-0.2, -0.15) is 0 Å². The highest BCUT2D eigenvalue weighted by atomic mass is 32.2. The lowest BCUT2D eigenvalue weighted by Crippen LogP contribution is -2.30. The van der Waals surface area contributed by atoms with Gasteiger partial charge in [-0.15, -0.1) is 10.2 Å². The molecule has 1 aromatic heterocycles. The Morgan fingerprint density at radius 2 is 1.78 bits per heavy atom. The molecule has 0 spiro atoms. The number of nitrogens with one attached hydrogen (secondary N) is 1. The van der Waals surface area contributed by atoms with E-state index in [2.05, 4.69) is 15.5 Å². The van der Waals surface area contributed by atoms with Gasteiger partial charge in [0.25, 0.3) is 0 Å². The molecule has 1 N–H and O–H groups in total. The SMILES string of the molecule is COc1ccc(CNC(=O)[C@H](C)Sc2nnc([C@@H](C)N(C)C)n2-c2ccc(F)cc2)cc1. The third-order valence-corrected chi connectivity index (χ3v) is 6.21. The highest BCUT2D eigenvalue weighted by Crippen LogP contribution is 2.29. The van der Waals surface area contributed by atoms with Crippen molar-refractivity contribution in [3.63, 3.8) is 0 Å². The van der Waals surface area contributed by atoms with Crippen molar-refractivity contribution in [2.45, 2.75) is 36.8 Å². The number of methoxy groups -OCH3 is 1. The Morgan fingerprint density at radius 1 is 1.12 bits per heavy atom. The Balaban J connectivity index is 1.76. The van der Waals surface area contributed by atoms with E-state index in [0.717, 1.165) is 22.8 Å². The second kappa shape index (κ2) is 10.6. The number of carbonyl (C=O) groups is 1. The highest BCUT2D eigenvalue weighted by Gasteiger charge is 2.24. The minimum atomic E-state index is -0.404. The number of nitrogens with zero attached hydrogens (tertiary/aromatic N) is 4. The van der Waals surface area contributed by atoms with Gasteiger partial charge in [-0.1, -0.05) is 23.9 Å². The molecular formula is C23H28FN5O2S. The van der Waals surface area contributed by atoms with Crippen molar-refractivity contribution in [3.8, 4) is 11.4 Å². The molecule has 0 fully saturated rings. The molecule has 1 heterocycles. The van der Waals surface area contributed by atoms with Crippen LogP contribution in [0.4, 0.5) is 4.39 Å². The minimum Gasteiger partial charge on any atom is -0.497 e. The number of carbonyl (C=O) groups excluding carboxylic acids is 1. The summed E-state index contributed by atoms with van der Waals surface area (Å²) in [7, 11) is 5.53. The van der Waals surface area contributed by atoms with Gasteiger partial charge in [0.15, 0.2) is 11.0 Å². The van der Waals surface area contributed by atoms with E-state index < -0.39 is 5.25 Å². The second-order valence-corrected chi connectivity index (χ2v) is 8.93. The summed E-state index contributed by atoms with van der Waals surface area (Å²) in [6.45, 7) is 4.26. The fraction of sp³-hybridized carbons (Fsp3) is 0.348. The second-order valence-electron chi connectivity index (χ2n) is 7.62. The number of halogens is 1. The molecular weight excluding hydrogens is 429 g/mol. The molecule has 32 heavy (non-hydrogen) atoms. The normalized spacial score (nSPS) is 13.1. The van der Waals surface area contributed by atoms with E-state index in [0.29, 0.717) is 11.7 Å². The van der Waals surface area contributed by atoms with E-state index in [1.807, 2.05) is 61.7 Å². The van der Waals surface area contributed by atoms with Crippen LogP contribution in [0.15, 0.2) is 53.7 Å². The van der Waals surface area contributed by atoms with E-state index in [9.17, 15) is 9.18 Å². The summed E-state index contributed by atoms with van der Waals surface area (Å²) in [6, 6.07) is 13.7. The number of amides is 1. The zero-order chi connectivity index (χ0) is 23.3. The van der Waals surface area contributed by atoms with E-state index in [4.69, 9.17) is 4.74 Å². The van der Waals surface area contributed by atoms with Gasteiger partial charge in [0.05, 0.1) is 18.4 Å². The molecule has 0 unspecified atom stereocenters. The Bertz CT molecular complexity index is 1040. The van der Waals surface area contributed by atoms with Crippen molar-refractivity contribution in [3.05, 3.63) is 65.7 Å². The molecule has 0 radical (unpaired) electrons. The Hall–Kier alpha value is -2.91. The van der Waals surface area contributed by atoms with Gasteiger partial charge in [-0.25, -0.2) is 4.39 Å². The maximum absolute atomic E-state index is 13.5. The summed E-state index contributed by atoms with van der Waals surface area (Å²) in [5.74, 6) is 1.06. The number of hydrogen-bond donors (Lipinski definition) is 1. The summed E-state index contributed by atoms with van der Waals surface area (Å²) < 4.78 is 20.5. The number of ether oxygens (including phenoxy) is 1. The molecule has 0 aliphatic carbocycles. The highest BCUT2D eigenvalue weighted by molar-refractivity contribution is 8.00. The molecule has 0 bridgehead atoms. The zero-order valence-corrected chi connectivity index (χ0v) is 19.7. The predicted octanol–water partition coefficient (Wildman–Crippen LogP) is 3.83. The van der Waals surface area contributed by atoms with E-state index in [1.165, 1.54) is 23.9 Å². The van der Waals surface area contributed by atoms with Crippen molar-refractivity contribution < 1.29 is 13.9 Å². The first kappa shape index (κ1) is 23.7. The van der Waals surface area contributed by atoms with Crippen LogP contribution in [-0.2, 0) is 11.3 Å². The van der Waals surface area contributed by atoms with Crippen LogP contribution in [0.1, 0.15) is 31.3 Å². The number of benzene rings is 2. The Labute approximate surface area is 192 Å². The third kappa shape index (κ3) is 5.66. The zero-order valence-electron chi connectivity index (χ0n) is 18.9. The molecule has 0 aliphatic heterocycles. The molecule has 9 heteroatoms. The van der Waals surface area contributed by atoms with Crippen molar-refractivity contribution in [1.82, 2.24) is 25.0 Å². The standard InChI is InChI=1S/C23H28FN5O2S/c1-15(28(3)4)21-26-27-23(29(21)19-10-8-18(24)9-11-19)32-16(2)22(30)25-14-17-6-12-20(31-5)13-7-17/h6-13,15-16H,14H2,1-5H3,(H,25,30)/t15-,16+/m1/s1. The third-order valence-electron chi connectivity index (χ3n) is 5.17. The topological polar surface area (TPSA) is 72.3 Å². The molecule has 0 saturated heterocycles. The van der Waals surface area contributed by atoms with Crippen molar-refractivity contribution >= 4 is 17.7 Å². The summed E-state index contributed by atoms with van der Waals surface area (Å²) in [5.41, 5.74) is 1.72. The molecule has 0 aliphatic rings. The predicted molar refractivity (Wildman–Crippen MR) is 124 cm³/mol. The van der Waals surface area contributed by atoms with E-state index >= 15 is 0 Å². The summed E-state index contributed by atoms with van der Waals surface area (Å²) in [5, 5.41) is 11.8. The molecule has 7 nitrogen and oxygen atoms in total. The molecule has 170 valence electrons. The summed E-state index contributed by atoms with van der Waals surface area (Å²) in [6.07, 6.45) is 0. The van der Waals surface area contributed by atoms with Gasteiger partial charge in [0, 0.05) is 12.2 Å². The maximum atomic E-state index is 13.5. The average molecular weight is 458 g/mol. The summed E-state index contributed by atoms with van der Waals surface area (Å²) >= 11 is 1.31. The lowest BCUT2D eigenvalue weighted by molar-refractivity contribution is -0.120. The van der Waals surface area contributed by atoms with Gasteiger partial charge in [-0.3, -0.25) is 14.3 Å². The van der Waals surface area contributed by atoms with Gasteiger partial charge >= 0.3 is 0 Å². The number of aromatic nitrogens is 3. The lowest BCUT2D eigenvalue weighted by atomic mass is 10.2. The number of rotatable bonds is 9. The smallest absolute Gasteiger partial charge is 0.233 e. The van der Waals surface area contributed by atoms with Gasteiger partial charge in [0.1, 0.15) is 11.6 Å². The number of thioether (sulfide) groups is 1. The van der Waals surface area contributed by atoms with E-state index in [-0.39, 0.29) is 17.8 Å². The molecule has 0 saturated carbocycles. The van der Waals surface area contributed by atoms with E-state index in [1.54, 1.807) is 19.2 Å². The molecule has 3 aromatic rings. The van der Waals surface area contributed by atoms with Gasteiger partial charge < -0.3 is 10.1 Å². The van der Waals surface area contributed by atoms with Crippen molar-refractivity contribution in [2.24, 2.45) is 0 Å². The minimum absolute atomic E-state index is 0.0268. The quantitative estimate of drug-likeness (QED) is 0.493. The van der Waals surface area contributed by atoms with Gasteiger partial charge in [0.2, 0.25) is 5.91 Å². The van der Waals surface area contributed by atoms with Crippen molar-refractivity contribution in [1.29, 1.82) is 0 Å². The Kier molecular flexibility index (Phi) is 7.87. The molecule has 2 atom stereocenters. The van der Waals surface area contributed by atoms with Crippen LogP contribution in [0.25, 0.3) is 5.69 Å². The van der Waals surface area contributed by atoms with Crippen LogP contribution in [0.2, 0.25) is 0 Å². The van der Waals surface area contributed by atoms with Crippen LogP contribution in [0.5, 0.6) is 5.75 Å². The number of hydrogen-bond acceptors (Lipinski definition) is 6. The first-order valence-corrected chi connectivity index (χ1v) is 11.1. The monoisotopic (exact) mass is 457 g/mol. The molecule has 1 amide bonds. The lowest BCUT2D eigenvalue weighted by Gasteiger charge is -2.21. The van der Waals surface area contributed by atoms with Crippen molar-refractivity contribution in [2.75, 3.05) is 21.2 Å². The van der Waals surface area contributed by atoms with Crippen LogP contribution >= 0.6 is 11.8 Å². The Morgan fingerprint density at radius 3 is 2.38 bits per heavy atom. The van der Waals surface area contributed by atoms with Crippen LogP contribution < -0.4 is 10.1 Å². The fourth-order valence-electron chi connectivity index (χ4n) is 2.98. The average Bonchev–Trinajstić information content (AvgIpc) is 3.20. The summed E-state index contributed by atoms with van der Waals surface area (Å²) in [4.78, 5) is 14.7. The largest absolute Gasteiger partial charge is 0.497 e. The van der Waals surface area contributed by atoms with Gasteiger partial charge in [-0.05, 0) is 69.9 Å². The molecule has 2 aromatic carbocycles. The fourth-order valence-corrected chi connectivity index (χ4v) is 3.88. The maximum Gasteiger partial charge on any atom is 0.233 e. The van der Waals surface area contributed by atoms with Crippen LogP contribution in [0, 0.1) is 5.82 Å². The first-order chi connectivity index (χ1) is 15.3. The first-order valence-electron chi connectivity index (χ1n) is 10.2. The molecule has 3 rings (SSSR count).